The predicted molar refractivity (Wildman–Crippen MR) is 92.3 cm³/mol. The van der Waals surface area contributed by atoms with Gasteiger partial charge in [0.05, 0.1) is 0 Å². The summed E-state index contributed by atoms with van der Waals surface area (Å²) in [6.07, 6.45) is 5.08. The van der Waals surface area contributed by atoms with Crippen molar-refractivity contribution in [2.24, 2.45) is 0 Å². The van der Waals surface area contributed by atoms with Crippen LogP contribution in [0, 0.1) is 0 Å². The van der Waals surface area contributed by atoms with Gasteiger partial charge >= 0.3 is 129 Å². The van der Waals surface area contributed by atoms with Crippen molar-refractivity contribution in [3.8, 4) is 5.75 Å². The molecule has 0 aliphatic rings. The molecule has 0 unspecified atom stereocenters. The van der Waals surface area contributed by atoms with Gasteiger partial charge in [-0.3, -0.25) is 0 Å². The van der Waals surface area contributed by atoms with Crippen LogP contribution in [0.5, 0.6) is 5.75 Å². The Labute approximate surface area is 128 Å². The molecule has 2 heterocycles. The topological polar surface area (TPSA) is 9.23 Å². The molecule has 0 radical (unpaired) electrons. The van der Waals surface area contributed by atoms with Crippen molar-refractivity contribution in [2.75, 3.05) is 6.61 Å². The number of unbranched alkanes of at least 4 members (excludes halogenated alkanes) is 3. The normalized spacial score (nSPS) is 12.2. The summed E-state index contributed by atoms with van der Waals surface area (Å²) in [6.45, 7) is 3.12. The Morgan fingerprint density at radius 3 is 2.63 bits per heavy atom. The van der Waals surface area contributed by atoms with Gasteiger partial charge in [0.1, 0.15) is 0 Å². The molecule has 106 valence electrons. The van der Waals surface area contributed by atoms with Crippen molar-refractivity contribution in [1.82, 2.24) is 0 Å². The molecule has 1 nitrogen and oxygen atoms in total. The zero-order chi connectivity index (χ0) is 13.9. The van der Waals surface area contributed by atoms with Gasteiger partial charge in [0.25, 0.3) is 0 Å². The Balaban J connectivity index is 2.01. The van der Waals surface area contributed by atoms with Crippen LogP contribution in [-0.2, 0) is 0 Å². The second-order valence-electron chi connectivity index (χ2n) is 6.06. The molecule has 0 N–H and O–H groups in total. The summed E-state index contributed by atoms with van der Waals surface area (Å²) in [5.74, 6) is 1.13. The monoisotopic (exact) mass is 404 g/mol. The minimum absolute atomic E-state index is 0.873. The number of ether oxygens (including phenoxy) is 1. The Morgan fingerprint density at radius 2 is 1.95 bits per heavy atom. The molecule has 0 aromatic carbocycles. The molecular formula is C15H24OS2Sn. The van der Waals surface area contributed by atoms with Gasteiger partial charge < -0.3 is 0 Å². The second kappa shape index (κ2) is 6.81. The maximum absolute atomic E-state index is 5.98. The van der Waals surface area contributed by atoms with Crippen molar-refractivity contribution in [3.05, 3.63) is 11.4 Å². The van der Waals surface area contributed by atoms with Crippen LogP contribution in [0.25, 0.3) is 9.40 Å². The summed E-state index contributed by atoms with van der Waals surface area (Å²) >= 11 is 1.91. The molecule has 0 amide bonds. The third-order valence-electron chi connectivity index (χ3n) is 3.21. The summed E-state index contributed by atoms with van der Waals surface area (Å²) in [5, 5.41) is 2.18. The fourth-order valence-corrected chi connectivity index (χ4v) is 9.74. The van der Waals surface area contributed by atoms with Crippen molar-refractivity contribution in [1.29, 1.82) is 0 Å². The molecule has 0 bridgehead atoms. The fourth-order valence-electron chi connectivity index (χ4n) is 1.98. The van der Waals surface area contributed by atoms with E-state index in [2.05, 4.69) is 33.2 Å². The molecule has 0 saturated heterocycles. The Bertz CT molecular complexity index is 522. The predicted octanol–water partition coefficient (Wildman–Crippen LogP) is 5.47. The molecule has 2 aromatic rings. The van der Waals surface area contributed by atoms with E-state index in [0.29, 0.717) is 0 Å². The molecule has 19 heavy (non-hydrogen) atoms. The number of hydrogen-bond donors (Lipinski definition) is 0. The van der Waals surface area contributed by atoms with Gasteiger partial charge in [-0.25, -0.2) is 0 Å². The summed E-state index contributed by atoms with van der Waals surface area (Å²) in [4.78, 5) is 7.44. The quantitative estimate of drug-likeness (QED) is 0.440. The van der Waals surface area contributed by atoms with Gasteiger partial charge in [-0.15, -0.1) is 0 Å². The van der Waals surface area contributed by atoms with Crippen molar-refractivity contribution >= 4 is 53.3 Å². The van der Waals surface area contributed by atoms with E-state index in [1.54, 1.807) is 2.89 Å². The van der Waals surface area contributed by atoms with Crippen LogP contribution in [-0.4, -0.2) is 25.0 Å². The summed E-state index contributed by atoms with van der Waals surface area (Å²) in [7, 11) is 0. The first-order valence-electron chi connectivity index (χ1n) is 7.16. The average molecular weight is 403 g/mol. The SMILES string of the molecule is CCCCCCOc1csc2c[c]([Sn]([CH3])([CH3])[CH3])sc12. The molecular weight excluding hydrogens is 379 g/mol. The van der Waals surface area contributed by atoms with E-state index < -0.39 is 18.4 Å². The first kappa shape index (κ1) is 15.6. The van der Waals surface area contributed by atoms with Gasteiger partial charge in [0, 0.05) is 0 Å². The molecule has 0 aliphatic carbocycles. The maximum atomic E-state index is 5.98. The third kappa shape index (κ3) is 4.11. The van der Waals surface area contributed by atoms with E-state index in [0.717, 1.165) is 12.4 Å². The van der Waals surface area contributed by atoms with E-state index >= 15 is 0 Å². The molecule has 2 aromatic heterocycles. The van der Waals surface area contributed by atoms with E-state index in [1.807, 2.05) is 22.7 Å². The van der Waals surface area contributed by atoms with E-state index in [4.69, 9.17) is 4.74 Å². The van der Waals surface area contributed by atoms with Gasteiger partial charge in [-0.2, -0.15) is 0 Å². The molecule has 0 spiro atoms. The van der Waals surface area contributed by atoms with Gasteiger partial charge in [0.2, 0.25) is 0 Å². The van der Waals surface area contributed by atoms with Crippen LogP contribution in [0.1, 0.15) is 32.6 Å². The summed E-state index contributed by atoms with van der Waals surface area (Å²) < 4.78 is 10.5. The first-order chi connectivity index (χ1) is 9.02. The number of fused-ring (bicyclic) bond motifs is 1. The number of thiophene rings is 2. The van der Waals surface area contributed by atoms with Crippen LogP contribution in [0.2, 0.25) is 14.8 Å². The van der Waals surface area contributed by atoms with E-state index in [1.165, 1.54) is 35.1 Å². The number of rotatable bonds is 7. The van der Waals surface area contributed by atoms with Gasteiger partial charge in [-0.1, -0.05) is 0 Å². The van der Waals surface area contributed by atoms with Crippen LogP contribution >= 0.6 is 22.7 Å². The number of hydrogen-bond acceptors (Lipinski definition) is 3. The molecule has 2 rings (SSSR count). The third-order valence-corrected chi connectivity index (χ3v) is 14.8. The zero-order valence-corrected chi connectivity index (χ0v) is 16.9. The first-order valence-corrected chi connectivity index (χ1v) is 18.8. The average Bonchev–Trinajstić information content (AvgIpc) is 2.89. The van der Waals surface area contributed by atoms with E-state index in [9.17, 15) is 0 Å². The van der Waals surface area contributed by atoms with Crippen LogP contribution < -0.4 is 7.63 Å². The molecule has 0 saturated carbocycles. The Morgan fingerprint density at radius 1 is 1.16 bits per heavy atom. The standard InChI is InChI=1S/C12H15OS2.3CH3.Sn/c1-2-3-4-5-7-13-10-9-15-11-6-8-14-12(10)11;;;;/h6,9H,2-5,7H2,1H3;3*1H3;. The van der Waals surface area contributed by atoms with Crippen molar-refractivity contribution in [3.63, 3.8) is 0 Å². The molecule has 0 fully saturated rings. The van der Waals surface area contributed by atoms with Crippen LogP contribution in [0.3, 0.4) is 0 Å². The second-order valence-corrected chi connectivity index (χ2v) is 23.4. The summed E-state index contributed by atoms with van der Waals surface area (Å²) in [5.41, 5.74) is 0. The van der Waals surface area contributed by atoms with E-state index in [-0.39, 0.29) is 0 Å². The zero-order valence-electron chi connectivity index (χ0n) is 12.4. The van der Waals surface area contributed by atoms with Gasteiger partial charge in [0.15, 0.2) is 0 Å². The Hall–Kier alpha value is 0.259. The van der Waals surface area contributed by atoms with Crippen molar-refractivity contribution in [2.45, 2.75) is 47.4 Å². The minimum atomic E-state index is -1.91. The van der Waals surface area contributed by atoms with Crippen molar-refractivity contribution < 1.29 is 4.74 Å². The molecule has 4 heteroatoms. The van der Waals surface area contributed by atoms with Gasteiger partial charge in [-0.05, 0) is 0 Å². The van der Waals surface area contributed by atoms with Crippen LogP contribution in [0.4, 0.5) is 0 Å². The Kier molecular flexibility index (Phi) is 5.61. The van der Waals surface area contributed by atoms with Crippen LogP contribution in [0.15, 0.2) is 11.4 Å². The fraction of sp³-hybridized carbons (Fsp3) is 0.600. The molecule has 0 aliphatic heterocycles. The summed E-state index contributed by atoms with van der Waals surface area (Å²) in [6, 6.07) is 2.42. The molecule has 0 atom stereocenters.